The molecule has 0 radical (unpaired) electrons. The van der Waals surface area contributed by atoms with Gasteiger partial charge in [0.1, 0.15) is 12.4 Å². The molecule has 0 amide bonds. The van der Waals surface area contributed by atoms with Crippen molar-refractivity contribution in [1.82, 2.24) is 14.5 Å². The Morgan fingerprint density at radius 3 is 2.79 bits per heavy atom. The predicted molar refractivity (Wildman–Crippen MR) is 90.5 cm³/mol. The van der Waals surface area contributed by atoms with E-state index >= 15 is 0 Å². The van der Waals surface area contributed by atoms with Gasteiger partial charge in [-0.3, -0.25) is 19.1 Å². The Morgan fingerprint density at radius 1 is 1.21 bits per heavy atom. The minimum absolute atomic E-state index is 0.180. The smallest absolute Gasteiger partial charge is 0.326 e. The quantitative estimate of drug-likeness (QED) is 0.674. The Kier molecular flexibility index (Phi) is 4.65. The second kappa shape index (κ2) is 7.04. The molecule has 0 saturated heterocycles. The number of hydrogen-bond acceptors (Lipinski definition) is 5. The van der Waals surface area contributed by atoms with Gasteiger partial charge in [-0.05, 0) is 30.7 Å². The number of hydrogen-bond donors (Lipinski definition) is 0. The number of nitrogens with zero attached hydrogens (tertiary/aromatic N) is 3. The summed E-state index contributed by atoms with van der Waals surface area (Å²) < 4.78 is 6.46. The van der Waals surface area contributed by atoms with Gasteiger partial charge in [0.15, 0.2) is 0 Å². The third kappa shape index (κ3) is 3.17. The number of ether oxygens (including phenoxy) is 1. The third-order valence-electron chi connectivity index (χ3n) is 3.54. The Balaban J connectivity index is 2.15. The van der Waals surface area contributed by atoms with Gasteiger partial charge < -0.3 is 4.74 Å². The maximum absolute atomic E-state index is 12.8. The van der Waals surface area contributed by atoms with Crippen molar-refractivity contribution in [2.45, 2.75) is 19.9 Å². The van der Waals surface area contributed by atoms with Crippen LogP contribution in [0.5, 0.6) is 0 Å². The lowest BCUT2D eigenvalue weighted by atomic mass is 10.2. The number of pyridine rings is 1. The van der Waals surface area contributed by atoms with E-state index in [1.165, 1.54) is 4.57 Å². The first-order valence-corrected chi connectivity index (χ1v) is 7.76. The van der Waals surface area contributed by atoms with Crippen LogP contribution in [0.15, 0.2) is 53.6 Å². The van der Waals surface area contributed by atoms with E-state index in [1.54, 1.807) is 42.7 Å². The molecule has 24 heavy (non-hydrogen) atoms. The van der Waals surface area contributed by atoms with Gasteiger partial charge in [0, 0.05) is 18.0 Å². The minimum atomic E-state index is -0.457. The number of benzene rings is 1. The second-order valence-electron chi connectivity index (χ2n) is 5.31. The second-order valence-corrected chi connectivity index (χ2v) is 5.31. The van der Waals surface area contributed by atoms with Crippen LogP contribution in [0.3, 0.4) is 0 Å². The molecule has 6 heteroatoms. The van der Waals surface area contributed by atoms with Crippen LogP contribution >= 0.6 is 0 Å². The molecule has 0 bridgehead atoms. The van der Waals surface area contributed by atoms with Crippen LogP contribution in [0.4, 0.5) is 0 Å². The lowest BCUT2D eigenvalue weighted by molar-refractivity contribution is -0.144. The Labute approximate surface area is 138 Å². The zero-order chi connectivity index (χ0) is 16.9. The van der Waals surface area contributed by atoms with Gasteiger partial charge in [0.05, 0.1) is 17.5 Å². The van der Waals surface area contributed by atoms with Crippen LogP contribution in [0, 0.1) is 0 Å². The highest BCUT2D eigenvalue weighted by Gasteiger charge is 2.16. The van der Waals surface area contributed by atoms with Gasteiger partial charge >= 0.3 is 5.97 Å². The molecule has 6 nitrogen and oxygen atoms in total. The molecule has 0 atom stereocenters. The average Bonchev–Trinajstić information content (AvgIpc) is 2.63. The number of fused-ring (bicyclic) bond motifs is 1. The lowest BCUT2D eigenvalue weighted by Gasteiger charge is -2.13. The maximum atomic E-state index is 12.8. The number of carbonyl (C=O) groups excluding carboxylic acids is 1. The molecular weight excluding hydrogens is 306 g/mol. The van der Waals surface area contributed by atoms with Gasteiger partial charge in [0.25, 0.3) is 5.56 Å². The van der Waals surface area contributed by atoms with E-state index in [0.29, 0.717) is 28.9 Å². The molecule has 3 rings (SSSR count). The van der Waals surface area contributed by atoms with E-state index in [9.17, 15) is 9.59 Å². The third-order valence-corrected chi connectivity index (χ3v) is 3.54. The van der Waals surface area contributed by atoms with Crippen LogP contribution in [-0.2, 0) is 16.1 Å². The minimum Gasteiger partial charge on any atom is -0.464 e. The van der Waals surface area contributed by atoms with Gasteiger partial charge in [-0.15, -0.1) is 0 Å². The number of aromatic nitrogens is 3. The van der Waals surface area contributed by atoms with E-state index in [4.69, 9.17) is 4.74 Å². The van der Waals surface area contributed by atoms with Crippen molar-refractivity contribution in [3.05, 3.63) is 59.1 Å². The Hall–Kier alpha value is -3.02. The van der Waals surface area contributed by atoms with Crippen LogP contribution < -0.4 is 5.56 Å². The SMILES string of the molecule is CCCOC(=O)Cn1c(-c2cccnc2)nc2ccccc2c1=O. The molecular formula is C18H17N3O3. The first kappa shape index (κ1) is 15.9. The van der Waals surface area contributed by atoms with Crippen molar-refractivity contribution in [2.75, 3.05) is 6.61 Å². The molecule has 0 aliphatic carbocycles. The molecule has 0 N–H and O–H groups in total. The summed E-state index contributed by atoms with van der Waals surface area (Å²) in [7, 11) is 0. The summed E-state index contributed by atoms with van der Waals surface area (Å²) in [5.74, 6) is -0.0542. The predicted octanol–water partition coefficient (Wildman–Crippen LogP) is 2.41. The van der Waals surface area contributed by atoms with Crippen LogP contribution in [-0.4, -0.2) is 27.1 Å². The molecule has 0 unspecified atom stereocenters. The van der Waals surface area contributed by atoms with Crippen LogP contribution in [0.25, 0.3) is 22.3 Å². The average molecular weight is 323 g/mol. The molecule has 0 spiro atoms. The highest BCUT2D eigenvalue weighted by molar-refractivity contribution is 5.80. The first-order chi connectivity index (χ1) is 11.7. The highest BCUT2D eigenvalue weighted by atomic mass is 16.5. The largest absolute Gasteiger partial charge is 0.464 e. The van der Waals surface area contributed by atoms with Crippen molar-refractivity contribution >= 4 is 16.9 Å². The fourth-order valence-corrected chi connectivity index (χ4v) is 2.42. The molecule has 0 fully saturated rings. The Bertz CT molecular complexity index is 920. The summed E-state index contributed by atoms with van der Waals surface area (Å²) in [6, 6.07) is 10.6. The fraction of sp³-hybridized carbons (Fsp3) is 0.222. The number of rotatable bonds is 5. The zero-order valence-corrected chi connectivity index (χ0v) is 13.3. The summed E-state index contributed by atoms with van der Waals surface area (Å²) in [6.07, 6.45) is 3.99. The highest BCUT2D eigenvalue weighted by Crippen LogP contribution is 2.17. The molecule has 2 aromatic heterocycles. The van der Waals surface area contributed by atoms with Crippen molar-refractivity contribution in [3.8, 4) is 11.4 Å². The summed E-state index contributed by atoms with van der Waals surface area (Å²) in [6.45, 7) is 2.07. The maximum Gasteiger partial charge on any atom is 0.326 e. The molecule has 0 aliphatic heterocycles. The topological polar surface area (TPSA) is 74.1 Å². The van der Waals surface area contributed by atoms with Crippen molar-refractivity contribution in [1.29, 1.82) is 0 Å². The Morgan fingerprint density at radius 2 is 2.04 bits per heavy atom. The summed E-state index contributed by atoms with van der Waals surface area (Å²) in [4.78, 5) is 33.5. The number of para-hydroxylation sites is 1. The summed E-state index contributed by atoms with van der Waals surface area (Å²) in [5.41, 5.74) is 0.982. The normalized spacial score (nSPS) is 10.7. The molecule has 1 aromatic carbocycles. The van der Waals surface area contributed by atoms with E-state index < -0.39 is 5.97 Å². The van der Waals surface area contributed by atoms with Crippen molar-refractivity contribution in [3.63, 3.8) is 0 Å². The zero-order valence-electron chi connectivity index (χ0n) is 13.3. The van der Waals surface area contributed by atoms with Gasteiger partial charge in [-0.2, -0.15) is 0 Å². The monoisotopic (exact) mass is 323 g/mol. The molecule has 122 valence electrons. The van der Waals surface area contributed by atoms with Gasteiger partial charge in [-0.25, -0.2) is 4.98 Å². The van der Waals surface area contributed by atoms with E-state index in [1.807, 2.05) is 13.0 Å². The van der Waals surface area contributed by atoms with E-state index in [-0.39, 0.29) is 12.1 Å². The molecule has 3 aromatic rings. The van der Waals surface area contributed by atoms with Crippen LogP contribution in [0.1, 0.15) is 13.3 Å². The number of esters is 1. The molecule has 2 heterocycles. The molecule has 0 saturated carbocycles. The van der Waals surface area contributed by atoms with Gasteiger partial charge in [0.2, 0.25) is 0 Å². The summed E-state index contributed by atoms with van der Waals surface area (Å²) >= 11 is 0. The summed E-state index contributed by atoms with van der Waals surface area (Å²) in [5, 5.41) is 0.466. The van der Waals surface area contributed by atoms with Crippen molar-refractivity contribution < 1.29 is 9.53 Å². The standard InChI is InChI=1S/C18H17N3O3/c1-2-10-24-16(22)12-21-17(13-6-5-9-19-11-13)20-15-8-4-3-7-14(15)18(21)23/h3-9,11H,2,10,12H2,1H3. The fourth-order valence-electron chi connectivity index (χ4n) is 2.42. The van der Waals surface area contributed by atoms with E-state index in [0.717, 1.165) is 6.42 Å². The van der Waals surface area contributed by atoms with Crippen LogP contribution in [0.2, 0.25) is 0 Å². The molecule has 0 aliphatic rings. The van der Waals surface area contributed by atoms with E-state index in [2.05, 4.69) is 9.97 Å². The number of carbonyl (C=O) groups is 1. The van der Waals surface area contributed by atoms with Crippen molar-refractivity contribution in [2.24, 2.45) is 0 Å². The first-order valence-electron chi connectivity index (χ1n) is 7.76. The van der Waals surface area contributed by atoms with Gasteiger partial charge in [-0.1, -0.05) is 19.1 Å². The lowest BCUT2D eigenvalue weighted by Crippen LogP contribution is -2.28.